The molecule has 1 aliphatic carbocycles. The summed E-state index contributed by atoms with van der Waals surface area (Å²) in [7, 11) is 0. The molecule has 1 heterocycles. The second-order valence-corrected chi connectivity index (χ2v) is 8.71. The van der Waals surface area contributed by atoms with Gasteiger partial charge in [-0.15, -0.1) is 23.5 Å². The first-order valence-electron chi connectivity index (χ1n) is 8.79. The first kappa shape index (κ1) is 18.3. The maximum atomic E-state index is 10.6. The molecule has 5 heteroatoms. The Kier molecular flexibility index (Phi) is 6.82. The topological polar surface area (TPSA) is 50.2 Å². The van der Waals surface area contributed by atoms with Crippen LogP contribution in [-0.2, 0) is 4.79 Å². The number of rotatable bonds is 8. The molecule has 1 saturated carbocycles. The van der Waals surface area contributed by atoms with Crippen molar-refractivity contribution in [2.45, 2.75) is 53.7 Å². The minimum absolute atomic E-state index is 0.239. The van der Waals surface area contributed by atoms with Crippen LogP contribution in [0.3, 0.4) is 0 Å². The van der Waals surface area contributed by atoms with Crippen LogP contribution in [0.4, 0.5) is 0 Å². The Morgan fingerprint density at radius 1 is 1.16 bits per heavy atom. The Labute approximate surface area is 157 Å². The maximum absolute atomic E-state index is 10.6. The smallest absolute Gasteiger partial charge is 0.303 e. The molecule has 0 amide bonds. The SMILES string of the molecule is O=C(O)CCCSc1ccc(-c2cccnc2SC2CCCC2)cc1. The van der Waals surface area contributed by atoms with Gasteiger partial charge in [-0.25, -0.2) is 4.98 Å². The molecule has 3 nitrogen and oxygen atoms in total. The highest BCUT2D eigenvalue weighted by Crippen LogP contribution is 2.38. The summed E-state index contributed by atoms with van der Waals surface area (Å²) in [6.45, 7) is 0. The van der Waals surface area contributed by atoms with Crippen LogP contribution in [0.5, 0.6) is 0 Å². The summed E-state index contributed by atoms with van der Waals surface area (Å²) in [6, 6.07) is 12.7. The summed E-state index contributed by atoms with van der Waals surface area (Å²) in [5, 5.41) is 10.5. The number of aliphatic carboxylic acids is 1. The molecule has 132 valence electrons. The van der Waals surface area contributed by atoms with E-state index < -0.39 is 5.97 Å². The molecular weight excluding hydrogens is 350 g/mol. The van der Waals surface area contributed by atoms with E-state index in [-0.39, 0.29) is 6.42 Å². The van der Waals surface area contributed by atoms with E-state index in [1.165, 1.54) is 41.7 Å². The number of pyridine rings is 1. The Morgan fingerprint density at radius 3 is 2.64 bits per heavy atom. The number of hydrogen-bond acceptors (Lipinski definition) is 4. The molecule has 0 bridgehead atoms. The van der Waals surface area contributed by atoms with E-state index in [4.69, 9.17) is 5.11 Å². The summed E-state index contributed by atoms with van der Waals surface area (Å²) in [6.07, 6.45) is 8.10. The summed E-state index contributed by atoms with van der Waals surface area (Å²) in [5.41, 5.74) is 2.41. The zero-order chi connectivity index (χ0) is 17.5. The molecule has 0 aliphatic heterocycles. The first-order chi connectivity index (χ1) is 12.2. The molecule has 2 aromatic rings. The predicted molar refractivity (Wildman–Crippen MR) is 105 cm³/mol. The van der Waals surface area contributed by atoms with Gasteiger partial charge in [0.15, 0.2) is 0 Å². The highest BCUT2D eigenvalue weighted by Gasteiger charge is 2.18. The predicted octanol–water partition coefficient (Wildman–Crippen LogP) is 5.74. The van der Waals surface area contributed by atoms with Crippen molar-refractivity contribution in [1.82, 2.24) is 4.98 Å². The van der Waals surface area contributed by atoms with Crippen molar-refractivity contribution in [2.75, 3.05) is 5.75 Å². The quantitative estimate of drug-likeness (QED) is 0.472. The lowest BCUT2D eigenvalue weighted by Gasteiger charge is -2.12. The van der Waals surface area contributed by atoms with Gasteiger partial charge in [0.25, 0.3) is 0 Å². The molecule has 0 unspecified atom stereocenters. The van der Waals surface area contributed by atoms with Gasteiger partial charge in [0, 0.05) is 28.3 Å². The lowest BCUT2D eigenvalue weighted by atomic mass is 10.1. The van der Waals surface area contributed by atoms with E-state index in [0.29, 0.717) is 11.7 Å². The Hall–Kier alpha value is -1.46. The van der Waals surface area contributed by atoms with E-state index in [2.05, 4.69) is 35.3 Å². The van der Waals surface area contributed by atoms with Crippen LogP contribution in [0.2, 0.25) is 0 Å². The standard InChI is InChI=1S/C20H23NO2S2/c22-19(23)8-4-14-24-16-11-9-15(10-12-16)18-7-3-13-21-20(18)25-17-5-1-2-6-17/h3,7,9-13,17H,1-2,4-6,8,14H2,(H,22,23). The minimum atomic E-state index is -0.722. The van der Waals surface area contributed by atoms with Crippen molar-refractivity contribution in [3.63, 3.8) is 0 Å². The van der Waals surface area contributed by atoms with Crippen LogP contribution >= 0.6 is 23.5 Å². The fourth-order valence-corrected chi connectivity index (χ4v) is 5.18. The number of carbonyl (C=O) groups is 1. The molecule has 0 radical (unpaired) electrons. The van der Waals surface area contributed by atoms with Gasteiger partial charge < -0.3 is 5.11 Å². The van der Waals surface area contributed by atoms with Crippen molar-refractivity contribution in [3.05, 3.63) is 42.6 Å². The zero-order valence-corrected chi connectivity index (χ0v) is 15.8. The fraction of sp³-hybridized carbons (Fsp3) is 0.400. The molecule has 1 aliphatic rings. The van der Waals surface area contributed by atoms with E-state index in [9.17, 15) is 4.79 Å². The summed E-state index contributed by atoms with van der Waals surface area (Å²) in [5.74, 6) is 0.112. The molecule has 1 fully saturated rings. The van der Waals surface area contributed by atoms with Gasteiger partial charge in [-0.3, -0.25) is 4.79 Å². The third kappa shape index (κ3) is 5.51. The molecule has 1 aromatic carbocycles. The van der Waals surface area contributed by atoms with E-state index in [1.807, 2.05) is 24.0 Å². The number of thioether (sulfide) groups is 2. The number of hydrogen-bond donors (Lipinski definition) is 1. The van der Waals surface area contributed by atoms with Crippen LogP contribution in [0.25, 0.3) is 11.1 Å². The Morgan fingerprint density at radius 2 is 1.92 bits per heavy atom. The van der Waals surface area contributed by atoms with E-state index in [0.717, 1.165) is 10.8 Å². The second kappa shape index (κ2) is 9.30. The highest BCUT2D eigenvalue weighted by atomic mass is 32.2. The number of carboxylic acids is 1. The van der Waals surface area contributed by atoms with Gasteiger partial charge in [0.05, 0.1) is 0 Å². The van der Waals surface area contributed by atoms with Gasteiger partial charge in [0.2, 0.25) is 0 Å². The molecule has 1 aromatic heterocycles. The molecule has 3 rings (SSSR count). The lowest BCUT2D eigenvalue weighted by molar-refractivity contribution is -0.137. The van der Waals surface area contributed by atoms with Gasteiger partial charge in [-0.1, -0.05) is 31.0 Å². The van der Waals surface area contributed by atoms with Crippen molar-refractivity contribution in [3.8, 4) is 11.1 Å². The Balaban J connectivity index is 1.64. The number of aromatic nitrogens is 1. The number of carboxylic acid groups (broad SMARTS) is 1. The minimum Gasteiger partial charge on any atom is -0.481 e. The average molecular weight is 374 g/mol. The lowest BCUT2D eigenvalue weighted by Crippen LogP contribution is -1.96. The average Bonchev–Trinajstić information content (AvgIpc) is 3.13. The van der Waals surface area contributed by atoms with Crippen molar-refractivity contribution in [1.29, 1.82) is 0 Å². The van der Waals surface area contributed by atoms with Crippen molar-refractivity contribution < 1.29 is 9.90 Å². The van der Waals surface area contributed by atoms with Crippen LogP contribution < -0.4 is 0 Å². The second-order valence-electron chi connectivity index (χ2n) is 6.25. The van der Waals surface area contributed by atoms with Gasteiger partial charge >= 0.3 is 5.97 Å². The van der Waals surface area contributed by atoms with E-state index >= 15 is 0 Å². The first-order valence-corrected chi connectivity index (χ1v) is 10.7. The molecular formula is C20H23NO2S2. The molecule has 0 atom stereocenters. The summed E-state index contributed by atoms with van der Waals surface area (Å²) < 4.78 is 0. The zero-order valence-electron chi connectivity index (χ0n) is 14.2. The maximum Gasteiger partial charge on any atom is 0.303 e. The largest absolute Gasteiger partial charge is 0.481 e. The third-order valence-corrected chi connectivity index (χ3v) is 6.77. The van der Waals surface area contributed by atoms with Crippen LogP contribution in [-0.4, -0.2) is 27.1 Å². The van der Waals surface area contributed by atoms with E-state index in [1.54, 1.807) is 11.8 Å². The van der Waals surface area contributed by atoms with Crippen molar-refractivity contribution in [2.24, 2.45) is 0 Å². The molecule has 25 heavy (non-hydrogen) atoms. The molecule has 0 saturated heterocycles. The highest BCUT2D eigenvalue weighted by molar-refractivity contribution is 8.00. The van der Waals surface area contributed by atoms with Gasteiger partial charge in [-0.05, 0) is 48.8 Å². The van der Waals surface area contributed by atoms with Gasteiger partial charge in [-0.2, -0.15) is 0 Å². The fourth-order valence-electron chi connectivity index (χ4n) is 3.01. The van der Waals surface area contributed by atoms with Crippen molar-refractivity contribution >= 4 is 29.5 Å². The monoisotopic (exact) mass is 373 g/mol. The normalized spacial score (nSPS) is 14.7. The van der Waals surface area contributed by atoms with Crippen LogP contribution in [0.1, 0.15) is 38.5 Å². The van der Waals surface area contributed by atoms with Crippen LogP contribution in [0, 0.1) is 0 Å². The van der Waals surface area contributed by atoms with Gasteiger partial charge in [0.1, 0.15) is 5.03 Å². The summed E-state index contributed by atoms with van der Waals surface area (Å²) >= 11 is 3.64. The molecule has 1 N–H and O–H groups in total. The summed E-state index contributed by atoms with van der Waals surface area (Å²) in [4.78, 5) is 16.4. The Bertz CT molecular complexity index is 697. The number of nitrogens with zero attached hydrogens (tertiary/aromatic N) is 1. The molecule has 0 spiro atoms. The number of benzene rings is 1. The third-order valence-electron chi connectivity index (χ3n) is 4.32. The van der Waals surface area contributed by atoms with Crippen LogP contribution in [0.15, 0.2) is 52.5 Å².